The van der Waals surface area contributed by atoms with Gasteiger partial charge in [-0.3, -0.25) is 9.36 Å². The van der Waals surface area contributed by atoms with Crippen LogP contribution in [0.1, 0.15) is 33.9 Å². The van der Waals surface area contributed by atoms with Crippen LogP contribution in [-0.2, 0) is 30.6 Å². The second-order valence-corrected chi connectivity index (χ2v) is 13.0. The second kappa shape index (κ2) is 12.7. The maximum absolute atomic E-state index is 15.8. The number of rotatable bonds is 12. The van der Waals surface area contributed by atoms with Crippen LogP contribution in [-0.4, -0.2) is 73.3 Å². The largest absolute Gasteiger partial charge is 0.476 e. The number of nitrogen functional groups attached to an aromatic ring is 1. The summed E-state index contributed by atoms with van der Waals surface area (Å²) in [5, 5.41) is 10.9. The van der Waals surface area contributed by atoms with Gasteiger partial charge in [-0.15, -0.1) is 0 Å². The fourth-order valence-electron chi connectivity index (χ4n) is 3.93. The van der Waals surface area contributed by atoms with Crippen LogP contribution in [0, 0.1) is 0 Å². The molecule has 41 heavy (non-hydrogen) atoms. The molecule has 17 heteroatoms. The number of carbonyl (C=O) groups is 1. The molecule has 0 amide bonds. The van der Waals surface area contributed by atoms with E-state index >= 15 is 4.39 Å². The van der Waals surface area contributed by atoms with Gasteiger partial charge < -0.3 is 34.1 Å². The highest BCUT2D eigenvalue weighted by Crippen LogP contribution is 2.49. The first-order valence-electron chi connectivity index (χ1n) is 12.7. The van der Waals surface area contributed by atoms with Gasteiger partial charge in [-0.2, -0.15) is 9.97 Å². The minimum Gasteiger partial charge on any atom is -0.476 e. The number of halogens is 2. The van der Waals surface area contributed by atoms with Crippen LogP contribution in [0.3, 0.4) is 0 Å². The highest BCUT2D eigenvalue weighted by atomic mass is 35.5. The van der Waals surface area contributed by atoms with E-state index in [4.69, 9.17) is 52.4 Å². The number of fused-ring (bicyclic) bond motifs is 1. The molecule has 1 saturated heterocycles. The number of hydrogen-bond acceptors (Lipinski definition) is 12. The molecule has 1 aliphatic rings. The van der Waals surface area contributed by atoms with E-state index in [2.05, 4.69) is 20.0 Å². The van der Waals surface area contributed by atoms with Gasteiger partial charge in [0, 0.05) is 0 Å². The lowest BCUT2D eigenvalue weighted by molar-refractivity contribution is -0.149. The molecule has 1 fully saturated rings. The number of hydrogen-bond donors (Lipinski definition) is 3. The maximum atomic E-state index is 15.8. The van der Waals surface area contributed by atoms with E-state index in [-0.39, 0.29) is 35.7 Å². The Bertz CT molecular complexity index is 1420. The Balaban J connectivity index is 1.56. The van der Waals surface area contributed by atoms with Gasteiger partial charge in [-0.25, -0.2) is 14.5 Å². The molecule has 0 unspecified atom stereocenters. The Kier molecular flexibility index (Phi) is 9.69. The fraction of sp³-hybridized carbons (Fsp3) is 0.500. The number of aromatic nitrogens is 4. The van der Waals surface area contributed by atoms with Crippen LogP contribution in [0.25, 0.3) is 11.2 Å². The topological polar surface area (TPSA) is 165 Å². The zero-order valence-electron chi connectivity index (χ0n) is 22.6. The third kappa shape index (κ3) is 7.05. The lowest BCUT2D eigenvalue weighted by Gasteiger charge is -2.28. The summed E-state index contributed by atoms with van der Waals surface area (Å²) in [5.41, 5.74) is 6.09. The van der Waals surface area contributed by atoms with Crippen LogP contribution in [0.2, 0.25) is 0 Å². The summed E-state index contributed by atoms with van der Waals surface area (Å²) >= 11 is 11.9. The van der Waals surface area contributed by atoms with Crippen LogP contribution in [0.15, 0.2) is 36.7 Å². The summed E-state index contributed by atoms with van der Waals surface area (Å²) in [5.74, 6) is -0.255. The molecule has 224 valence electrons. The number of nitrogens with one attached hydrogen (secondary N) is 1. The zero-order valence-corrected chi connectivity index (χ0v) is 25.1. The first-order chi connectivity index (χ1) is 19.3. The average molecular weight is 633 g/mol. The number of nitrogens with zero attached hydrogens (tertiary/aromatic N) is 4. The lowest BCUT2D eigenvalue weighted by atomic mass is 10.1. The number of alkyl halides is 2. The van der Waals surface area contributed by atoms with Crippen LogP contribution < -0.4 is 20.1 Å². The van der Waals surface area contributed by atoms with Crippen molar-refractivity contribution in [1.29, 1.82) is 0 Å². The summed E-state index contributed by atoms with van der Waals surface area (Å²) in [6.07, 6.45) is -3.91. The first kappa shape index (κ1) is 31.3. The van der Waals surface area contributed by atoms with Gasteiger partial charge in [0.15, 0.2) is 17.4 Å². The normalized spacial score (nSPS) is 24.7. The molecule has 0 aliphatic carbocycles. The number of benzene rings is 1. The van der Waals surface area contributed by atoms with Gasteiger partial charge in [0.1, 0.15) is 24.0 Å². The summed E-state index contributed by atoms with van der Waals surface area (Å²) in [6.45, 7) is 3.04. The standard InChI is InChI=1S/C24H31ClFN6O7PS/c1-5-35-20-17-19(29-23(27)30-20)32(12-28-17)22-24(25,26)18(33)16(38-22)11-36-40(41,39-15-9-7-6-8-10-15)31-14(4)21(34)37-13(2)3/h6-10,12-14,16,18,22,33H,5,11H2,1-4H3,(H,31,41)(H2,27,29,30)/t14-,16-,18-,22-,24-,40-/m1/s1. The number of ether oxygens (including phenoxy) is 3. The molecule has 0 bridgehead atoms. The molecule has 3 heterocycles. The molecule has 4 N–H and O–H groups in total. The smallest absolute Gasteiger partial charge is 0.323 e. The van der Waals surface area contributed by atoms with E-state index in [1.165, 1.54) is 10.9 Å². The van der Waals surface area contributed by atoms with Crippen LogP contribution in [0.4, 0.5) is 10.3 Å². The van der Waals surface area contributed by atoms with Crippen LogP contribution >= 0.6 is 18.2 Å². The third-order valence-corrected chi connectivity index (χ3v) is 8.66. The molecule has 6 atom stereocenters. The van der Waals surface area contributed by atoms with Gasteiger partial charge in [-0.1, -0.05) is 29.8 Å². The van der Waals surface area contributed by atoms with Crippen molar-refractivity contribution >= 4 is 53.1 Å². The molecule has 1 aliphatic heterocycles. The zero-order chi connectivity index (χ0) is 29.9. The number of aliphatic hydroxyl groups is 1. The van der Waals surface area contributed by atoms with Gasteiger partial charge in [0.05, 0.1) is 25.6 Å². The Morgan fingerprint density at radius 3 is 2.71 bits per heavy atom. The molecule has 4 rings (SSSR count). The van der Waals surface area contributed by atoms with E-state index < -0.39 is 48.8 Å². The van der Waals surface area contributed by atoms with Crippen molar-refractivity contribution in [2.75, 3.05) is 18.9 Å². The monoisotopic (exact) mass is 632 g/mol. The van der Waals surface area contributed by atoms with Crippen molar-refractivity contribution in [3.05, 3.63) is 36.7 Å². The van der Waals surface area contributed by atoms with Crippen LogP contribution in [0.5, 0.6) is 11.6 Å². The number of esters is 1. The molecule has 0 saturated carbocycles. The van der Waals surface area contributed by atoms with E-state index in [9.17, 15) is 9.90 Å². The predicted molar refractivity (Wildman–Crippen MR) is 152 cm³/mol. The van der Waals surface area contributed by atoms with Crippen molar-refractivity contribution in [2.45, 2.75) is 63.4 Å². The number of imidazole rings is 1. The van der Waals surface area contributed by atoms with E-state index in [0.29, 0.717) is 5.75 Å². The van der Waals surface area contributed by atoms with Gasteiger partial charge >= 0.3 is 12.6 Å². The molecule has 3 aromatic rings. The van der Waals surface area contributed by atoms with Gasteiger partial charge in [-0.05, 0) is 51.6 Å². The number of aliphatic hydroxyl groups excluding tert-OH is 1. The highest BCUT2D eigenvalue weighted by molar-refractivity contribution is 8.09. The minimum atomic E-state index is -3.50. The number of nitrogens with two attached hydrogens (primary N) is 1. The number of carbonyl (C=O) groups excluding carboxylic acids is 1. The minimum absolute atomic E-state index is 0.0825. The summed E-state index contributed by atoms with van der Waals surface area (Å²) in [7, 11) is 0. The lowest BCUT2D eigenvalue weighted by Crippen LogP contribution is -2.40. The van der Waals surface area contributed by atoms with E-state index in [0.717, 1.165) is 0 Å². The molecule has 0 radical (unpaired) electrons. The molecule has 1 aromatic carbocycles. The average Bonchev–Trinajstić information content (AvgIpc) is 3.41. The summed E-state index contributed by atoms with van der Waals surface area (Å²) < 4.78 is 45.4. The first-order valence-corrected chi connectivity index (χ1v) is 15.7. The maximum Gasteiger partial charge on any atom is 0.323 e. The second-order valence-electron chi connectivity index (χ2n) is 9.32. The Hall–Kier alpha value is -2.65. The number of anilines is 1. The molecular formula is C24H31ClFN6O7PS. The van der Waals surface area contributed by atoms with Crippen molar-refractivity contribution < 1.29 is 37.5 Å². The fourth-order valence-corrected chi connectivity index (χ4v) is 6.64. The summed E-state index contributed by atoms with van der Waals surface area (Å²) in [6, 6.07) is 7.64. The quantitative estimate of drug-likeness (QED) is 0.152. The van der Waals surface area contributed by atoms with Crippen molar-refractivity contribution in [3.63, 3.8) is 0 Å². The van der Waals surface area contributed by atoms with Crippen molar-refractivity contribution in [2.24, 2.45) is 0 Å². The predicted octanol–water partition coefficient (Wildman–Crippen LogP) is 3.22. The van der Waals surface area contributed by atoms with Crippen molar-refractivity contribution in [1.82, 2.24) is 24.6 Å². The van der Waals surface area contributed by atoms with E-state index in [1.54, 1.807) is 58.0 Å². The highest BCUT2D eigenvalue weighted by Gasteiger charge is 2.58. The molecule has 0 spiro atoms. The molecule has 13 nitrogen and oxygen atoms in total. The molecule has 2 aromatic heterocycles. The van der Waals surface area contributed by atoms with Gasteiger partial charge in [0.25, 0.3) is 5.13 Å². The SMILES string of the molecule is CCOc1nc(N)nc2c1ncn2[C@@H]1O[C@H](CO[P@](=S)(N[C@H](C)C(=O)OC(C)C)Oc2ccccc2)[C@@H](O)[C@]1(F)Cl. The summed E-state index contributed by atoms with van der Waals surface area (Å²) in [4.78, 5) is 24.8. The number of para-hydroxylation sites is 1. The van der Waals surface area contributed by atoms with Gasteiger partial charge in [0.2, 0.25) is 11.8 Å². The Morgan fingerprint density at radius 2 is 2.05 bits per heavy atom. The Morgan fingerprint density at radius 1 is 1.34 bits per heavy atom. The van der Waals surface area contributed by atoms with Crippen molar-refractivity contribution in [3.8, 4) is 11.6 Å². The van der Waals surface area contributed by atoms with E-state index in [1.807, 2.05) is 0 Å². The molecular weight excluding hydrogens is 602 g/mol. The Labute approximate surface area is 245 Å². The third-order valence-electron chi connectivity index (χ3n) is 5.75.